The minimum Gasteiger partial charge on any atom is -0.350 e. The number of aryl methyl sites for hydroxylation is 2. The zero-order chi connectivity index (χ0) is 32.8. The second kappa shape index (κ2) is 14.1. The van der Waals surface area contributed by atoms with Crippen molar-refractivity contribution in [2.75, 3.05) is 10.8 Å². The van der Waals surface area contributed by atoms with Crippen molar-refractivity contribution < 1.29 is 22.4 Å². The van der Waals surface area contributed by atoms with E-state index < -0.39 is 39.9 Å². The summed E-state index contributed by atoms with van der Waals surface area (Å²) in [6, 6.07) is 27.3. The first-order chi connectivity index (χ1) is 21.2. The van der Waals surface area contributed by atoms with Crippen LogP contribution in [0.1, 0.15) is 43.0 Å². The van der Waals surface area contributed by atoms with Crippen LogP contribution in [-0.2, 0) is 32.6 Å². The van der Waals surface area contributed by atoms with Crippen molar-refractivity contribution in [1.82, 2.24) is 10.2 Å². The summed E-state index contributed by atoms with van der Waals surface area (Å²) < 4.78 is 42.8. The fourth-order valence-corrected chi connectivity index (χ4v) is 6.40. The largest absolute Gasteiger partial charge is 0.350 e. The van der Waals surface area contributed by atoms with Crippen LogP contribution >= 0.6 is 0 Å². The molecule has 1 atom stereocenters. The highest BCUT2D eigenvalue weighted by Crippen LogP contribution is 2.26. The summed E-state index contributed by atoms with van der Waals surface area (Å²) in [4.78, 5) is 29.7. The highest BCUT2D eigenvalue weighted by atomic mass is 32.2. The van der Waals surface area contributed by atoms with E-state index in [1.165, 1.54) is 17.0 Å². The van der Waals surface area contributed by atoms with Crippen molar-refractivity contribution in [3.05, 3.63) is 131 Å². The average molecular weight is 630 g/mol. The van der Waals surface area contributed by atoms with Gasteiger partial charge in [-0.2, -0.15) is 0 Å². The molecule has 0 radical (unpaired) electrons. The number of amides is 2. The van der Waals surface area contributed by atoms with Crippen molar-refractivity contribution in [2.45, 2.75) is 64.1 Å². The molecule has 0 bridgehead atoms. The van der Waals surface area contributed by atoms with Crippen LogP contribution in [0.3, 0.4) is 0 Å². The molecule has 0 aliphatic heterocycles. The average Bonchev–Trinajstić information content (AvgIpc) is 2.98. The van der Waals surface area contributed by atoms with Gasteiger partial charge in [-0.25, -0.2) is 12.8 Å². The molecule has 4 aromatic rings. The molecular formula is C36H40FN3O4S. The first-order valence-electron chi connectivity index (χ1n) is 14.8. The highest BCUT2D eigenvalue weighted by Gasteiger charge is 2.35. The van der Waals surface area contributed by atoms with Gasteiger partial charge in [0.1, 0.15) is 18.4 Å². The van der Waals surface area contributed by atoms with Crippen molar-refractivity contribution >= 4 is 27.5 Å². The molecule has 0 saturated heterocycles. The summed E-state index contributed by atoms with van der Waals surface area (Å²) in [5.74, 6) is -1.49. The zero-order valence-corrected chi connectivity index (χ0v) is 27.1. The minimum absolute atomic E-state index is 0.0773. The fourth-order valence-electron chi connectivity index (χ4n) is 4.99. The molecule has 0 spiro atoms. The number of carbonyl (C=O) groups is 2. The number of carbonyl (C=O) groups excluding carboxylic acids is 2. The summed E-state index contributed by atoms with van der Waals surface area (Å²) in [5, 5.41) is 3.02. The second-order valence-electron chi connectivity index (χ2n) is 12.3. The van der Waals surface area contributed by atoms with Crippen molar-refractivity contribution in [1.29, 1.82) is 0 Å². The van der Waals surface area contributed by atoms with Crippen molar-refractivity contribution in [2.24, 2.45) is 0 Å². The molecular weight excluding hydrogens is 589 g/mol. The maximum Gasteiger partial charge on any atom is 0.264 e. The third-order valence-electron chi connectivity index (χ3n) is 7.21. The summed E-state index contributed by atoms with van der Waals surface area (Å²) in [6.07, 6.45) is 0.218. The molecule has 1 N–H and O–H groups in total. The van der Waals surface area contributed by atoms with E-state index in [4.69, 9.17) is 0 Å². The Morgan fingerprint density at radius 3 is 2.02 bits per heavy atom. The Bertz CT molecular complexity index is 1720. The number of halogens is 1. The Labute approximate surface area is 265 Å². The number of nitrogens with zero attached hydrogens (tertiary/aromatic N) is 2. The van der Waals surface area contributed by atoms with Gasteiger partial charge in [0.05, 0.1) is 10.6 Å². The summed E-state index contributed by atoms with van der Waals surface area (Å²) >= 11 is 0. The van der Waals surface area contributed by atoms with Crippen LogP contribution in [0.2, 0.25) is 0 Å². The van der Waals surface area contributed by atoms with E-state index >= 15 is 0 Å². The van der Waals surface area contributed by atoms with Crippen LogP contribution in [0.5, 0.6) is 0 Å². The number of sulfonamides is 1. The van der Waals surface area contributed by atoms with E-state index in [2.05, 4.69) is 5.32 Å². The van der Waals surface area contributed by atoms with Gasteiger partial charge in [0.2, 0.25) is 11.8 Å². The number of benzene rings is 4. The molecule has 0 heterocycles. The molecule has 9 heteroatoms. The Hall–Kier alpha value is -4.50. The van der Waals surface area contributed by atoms with Gasteiger partial charge >= 0.3 is 0 Å². The van der Waals surface area contributed by atoms with Crippen molar-refractivity contribution in [3.63, 3.8) is 0 Å². The Morgan fingerprint density at radius 2 is 1.42 bits per heavy atom. The lowest BCUT2D eigenvalue weighted by Crippen LogP contribution is -2.56. The molecule has 0 aliphatic rings. The van der Waals surface area contributed by atoms with Gasteiger partial charge in [-0.1, -0.05) is 77.9 Å². The van der Waals surface area contributed by atoms with Gasteiger partial charge in [0, 0.05) is 18.5 Å². The Balaban J connectivity index is 1.81. The third kappa shape index (κ3) is 9.01. The molecule has 0 fully saturated rings. The Kier molecular flexibility index (Phi) is 10.4. The molecule has 0 aromatic heterocycles. The smallest absolute Gasteiger partial charge is 0.264 e. The lowest BCUT2D eigenvalue weighted by molar-refractivity contribution is -0.140. The molecule has 0 saturated carbocycles. The number of rotatable bonds is 11. The normalized spacial score (nSPS) is 12.3. The maximum absolute atomic E-state index is 14.5. The van der Waals surface area contributed by atoms with Crippen LogP contribution in [0.4, 0.5) is 10.1 Å². The van der Waals surface area contributed by atoms with Gasteiger partial charge < -0.3 is 10.2 Å². The van der Waals surface area contributed by atoms with Crippen LogP contribution < -0.4 is 9.62 Å². The van der Waals surface area contributed by atoms with Gasteiger partial charge in [0.15, 0.2) is 0 Å². The van der Waals surface area contributed by atoms with Gasteiger partial charge in [-0.15, -0.1) is 0 Å². The van der Waals surface area contributed by atoms with E-state index in [9.17, 15) is 22.4 Å². The van der Waals surface area contributed by atoms with Crippen LogP contribution in [-0.4, -0.2) is 43.3 Å². The number of nitrogens with one attached hydrogen (secondary N) is 1. The maximum atomic E-state index is 14.5. The first kappa shape index (κ1) is 33.4. The van der Waals surface area contributed by atoms with E-state index in [0.717, 1.165) is 38.7 Å². The highest BCUT2D eigenvalue weighted by molar-refractivity contribution is 7.92. The molecule has 0 aliphatic carbocycles. The number of hydrogen-bond acceptors (Lipinski definition) is 4. The fraction of sp³-hybridized carbons (Fsp3) is 0.278. The van der Waals surface area contributed by atoms with Crippen LogP contribution in [0.15, 0.2) is 108 Å². The van der Waals surface area contributed by atoms with Crippen molar-refractivity contribution in [3.8, 4) is 0 Å². The lowest BCUT2D eigenvalue weighted by atomic mass is 10.0. The molecule has 45 heavy (non-hydrogen) atoms. The summed E-state index contributed by atoms with van der Waals surface area (Å²) in [7, 11) is -4.31. The van der Waals surface area contributed by atoms with E-state index in [1.54, 1.807) is 24.3 Å². The molecule has 7 nitrogen and oxygen atoms in total. The van der Waals surface area contributed by atoms with Gasteiger partial charge in [-0.3, -0.25) is 13.9 Å². The molecule has 2 amide bonds. The quantitative estimate of drug-likeness (QED) is 0.214. The Morgan fingerprint density at radius 1 is 0.800 bits per heavy atom. The van der Waals surface area contributed by atoms with E-state index in [1.807, 2.05) is 89.2 Å². The van der Waals surface area contributed by atoms with Gasteiger partial charge in [-0.05, 0) is 82.1 Å². The third-order valence-corrected chi connectivity index (χ3v) is 9.00. The minimum atomic E-state index is -4.31. The van der Waals surface area contributed by atoms with Crippen LogP contribution in [0, 0.1) is 19.7 Å². The predicted octanol–water partition coefficient (Wildman–Crippen LogP) is 6.19. The number of hydrogen-bond donors (Lipinski definition) is 1. The zero-order valence-electron chi connectivity index (χ0n) is 26.3. The first-order valence-corrected chi connectivity index (χ1v) is 16.2. The molecule has 0 unspecified atom stereocenters. The lowest BCUT2D eigenvalue weighted by Gasteiger charge is -2.35. The molecule has 4 aromatic carbocycles. The molecule has 236 valence electrons. The number of anilines is 1. The standard InChI is InChI=1S/C36H40FN3O4S/c1-26-14-18-31(19-15-26)40(45(43,44)32-20-16-30(37)17-21-32)25-34(41)39(24-29-13-9-10-27(2)22-29)33(35(42)38-36(3,4)5)23-28-11-7-6-8-12-28/h6-22,33H,23-25H2,1-5H3,(H,38,42)/t33-/m0/s1. The topological polar surface area (TPSA) is 86.8 Å². The van der Waals surface area contributed by atoms with E-state index in [0.29, 0.717) is 0 Å². The monoisotopic (exact) mass is 629 g/mol. The predicted molar refractivity (Wildman–Crippen MR) is 176 cm³/mol. The summed E-state index contributed by atoms with van der Waals surface area (Å²) in [5.41, 5.74) is 3.23. The molecule has 4 rings (SSSR count). The second-order valence-corrected chi connectivity index (χ2v) is 14.1. The SMILES string of the molecule is Cc1ccc(N(CC(=O)N(Cc2cccc(C)c2)[C@@H](Cc2ccccc2)C(=O)NC(C)(C)C)S(=O)(=O)c2ccc(F)cc2)cc1. The van der Waals surface area contributed by atoms with Gasteiger partial charge in [0.25, 0.3) is 10.0 Å². The van der Waals surface area contributed by atoms with E-state index in [-0.39, 0.29) is 29.5 Å². The summed E-state index contributed by atoms with van der Waals surface area (Å²) in [6.45, 7) is 8.91. The van der Waals surface area contributed by atoms with Crippen LogP contribution in [0.25, 0.3) is 0 Å².